The Hall–Kier alpha value is -2.82. The molecule has 0 unspecified atom stereocenters. The summed E-state index contributed by atoms with van der Waals surface area (Å²) in [7, 11) is 0. The molecule has 0 bridgehead atoms. The van der Waals surface area contributed by atoms with E-state index in [-0.39, 0.29) is 5.91 Å². The molecular weight excluding hydrogens is 266 g/mol. The molecular formula is C16H17N3O2. The molecule has 0 aliphatic heterocycles. The number of nitrogens with one attached hydrogen (secondary N) is 3. The number of urea groups is 1. The number of benzene rings is 2. The first-order valence-corrected chi connectivity index (χ1v) is 6.56. The molecule has 3 N–H and O–H groups in total. The van der Waals surface area contributed by atoms with Gasteiger partial charge >= 0.3 is 6.03 Å². The zero-order chi connectivity index (χ0) is 15.2. The third-order valence-corrected chi connectivity index (χ3v) is 2.86. The van der Waals surface area contributed by atoms with Crippen molar-refractivity contribution in [2.45, 2.75) is 13.8 Å². The summed E-state index contributed by atoms with van der Waals surface area (Å²) in [5.74, 6) is -0.335. The number of carbonyl (C=O) groups excluding carboxylic acids is 2. The standard InChI is InChI=1S/C16H17N3O2/c1-11-8-9-14(13-6-4-3-5-7-13)15(10-11)17-16(21)19-18-12(2)20/h3-10H,1-2H3,(H,18,20)(H2,17,19,21). The van der Waals surface area contributed by atoms with Gasteiger partial charge in [0.15, 0.2) is 0 Å². The lowest BCUT2D eigenvalue weighted by Crippen LogP contribution is -2.42. The van der Waals surface area contributed by atoms with Crippen molar-refractivity contribution in [1.82, 2.24) is 10.9 Å². The van der Waals surface area contributed by atoms with Gasteiger partial charge in [0.2, 0.25) is 5.91 Å². The van der Waals surface area contributed by atoms with Gasteiger partial charge in [0, 0.05) is 12.5 Å². The van der Waals surface area contributed by atoms with Crippen molar-refractivity contribution >= 4 is 17.6 Å². The van der Waals surface area contributed by atoms with Crippen LogP contribution in [-0.4, -0.2) is 11.9 Å². The molecule has 3 amide bonds. The van der Waals surface area contributed by atoms with E-state index in [9.17, 15) is 9.59 Å². The fourth-order valence-corrected chi connectivity index (χ4v) is 1.93. The molecule has 0 heterocycles. The quantitative estimate of drug-likeness (QED) is 0.742. The number of aryl methyl sites for hydroxylation is 1. The van der Waals surface area contributed by atoms with Gasteiger partial charge in [-0.1, -0.05) is 42.5 Å². The topological polar surface area (TPSA) is 70.2 Å². The van der Waals surface area contributed by atoms with Gasteiger partial charge in [-0.05, 0) is 24.1 Å². The summed E-state index contributed by atoms with van der Waals surface area (Å²) in [6.07, 6.45) is 0. The number of amides is 3. The lowest BCUT2D eigenvalue weighted by molar-refractivity contribution is -0.119. The van der Waals surface area contributed by atoms with Crippen molar-refractivity contribution in [3.05, 3.63) is 54.1 Å². The van der Waals surface area contributed by atoms with E-state index in [4.69, 9.17) is 0 Å². The third kappa shape index (κ3) is 4.07. The van der Waals surface area contributed by atoms with Gasteiger partial charge in [0.05, 0.1) is 5.69 Å². The largest absolute Gasteiger partial charge is 0.337 e. The van der Waals surface area contributed by atoms with Crippen LogP contribution in [0.5, 0.6) is 0 Å². The molecule has 5 nitrogen and oxygen atoms in total. The summed E-state index contributed by atoms with van der Waals surface area (Å²) in [5.41, 5.74) is 8.16. The maximum absolute atomic E-state index is 11.8. The average molecular weight is 283 g/mol. The molecule has 0 aliphatic rings. The first kappa shape index (κ1) is 14.6. The van der Waals surface area contributed by atoms with Gasteiger partial charge in [0.1, 0.15) is 0 Å². The van der Waals surface area contributed by atoms with Crippen molar-refractivity contribution < 1.29 is 9.59 Å². The van der Waals surface area contributed by atoms with Crippen molar-refractivity contribution in [2.24, 2.45) is 0 Å². The van der Waals surface area contributed by atoms with Crippen LogP contribution in [0.15, 0.2) is 48.5 Å². The number of rotatable bonds is 2. The van der Waals surface area contributed by atoms with E-state index < -0.39 is 6.03 Å². The van der Waals surface area contributed by atoms with Gasteiger partial charge in [-0.2, -0.15) is 0 Å². The molecule has 21 heavy (non-hydrogen) atoms. The molecule has 0 spiro atoms. The summed E-state index contributed by atoms with van der Waals surface area (Å²) in [4.78, 5) is 22.6. The summed E-state index contributed by atoms with van der Waals surface area (Å²) >= 11 is 0. The summed E-state index contributed by atoms with van der Waals surface area (Å²) < 4.78 is 0. The molecule has 0 radical (unpaired) electrons. The lowest BCUT2D eigenvalue weighted by atomic mass is 10.0. The molecule has 0 fully saturated rings. The number of hydrogen-bond acceptors (Lipinski definition) is 2. The molecule has 108 valence electrons. The van der Waals surface area contributed by atoms with Gasteiger partial charge in [-0.25, -0.2) is 10.2 Å². The summed E-state index contributed by atoms with van der Waals surface area (Å²) in [5, 5.41) is 2.74. The van der Waals surface area contributed by atoms with E-state index in [1.54, 1.807) is 0 Å². The van der Waals surface area contributed by atoms with Crippen molar-refractivity contribution in [1.29, 1.82) is 0 Å². The van der Waals surface area contributed by atoms with E-state index in [1.165, 1.54) is 6.92 Å². The smallest absolute Gasteiger partial charge is 0.306 e. The SMILES string of the molecule is CC(=O)NNC(=O)Nc1cc(C)ccc1-c1ccccc1. The molecule has 5 heteroatoms. The van der Waals surface area contributed by atoms with E-state index in [0.29, 0.717) is 5.69 Å². The van der Waals surface area contributed by atoms with Crippen molar-refractivity contribution in [2.75, 3.05) is 5.32 Å². The summed E-state index contributed by atoms with van der Waals surface area (Å²) in [6, 6.07) is 15.1. The van der Waals surface area contributed by atoms with Crippen LogP contribution in [0.1, 0.15) is 12.5 Å². The van der Waals surface area contributed by atoms with Gasteiger partial charge in [0.25, 0.3) is 0 Å². The fourth-order valence-electron chi connectivity index (χ4n) is 1.93. The number of anilines is 1. The minimum atomic E-state index is -0.493. The zero-order valence-corrected chi connectivity index (χ0v) is 11.9. The normalized spacial score (nSPS) is 9.81. The van der Waals surface area contributed by atoms with Crippen molar-refractivity contribution in [3.8, 4) is 11.1 Å². The molecule has 2 rings (SSSR count). The van der Waals surface area contributed by atoms with Crippen LogP contribution in [0.4, 0.5) is 10.5 Å². The molecule has 0 aliphatic carbocycles. The predicted octanol–water partition coefficient (Wildman–Crippen LogP) is 2.83. The molecule has 0 atom stereocenters. The van der Waals surface area contributed by atoms with E-state index >= 15 is 0 Å². The van der Waals surface area contributed by atoms with Crippen LogP contribution in [-0.2, 0) is 4.79 Å². The van der Waals surface area contributed by atoms with Gasteiger partial charge < -0.3 is 5.32 Å². The Morgan fingerprint density at radius 1 is 0.952 bits per heavy atom. The second-order valence-electron chi connectivity index (χ2n) is 4.68. The maximum Gasteiger partial charge on any atom is 0.337 e. The average Bonchev–Trinajstić information content (AvgIpc) is 2.46. The van der Waals surface area contributed by atoms with Crippen molar-refractivity contribution in [3.63, 3.8) is 0 Å². The first-order valence-electron chi connectivity index (χ1n) is 6.56. The molecule has 0 saturated heterocycles. The zero-order valence-electron chi connectivity index (χ0n) is 11.9. The Labute approximate surface area is 123 Å². The molecule has 0 saturated carbocycles. The maximum atomic E-state index is 11.8. The second-order valence-corrected chi connectivity index (χ2v) is 4.68. The van der Waals surface area contributed by atoms with E-state index in [0.717, 1.165) is 16.7 Å². The Bertz CT molecular complexity index is 654. The van der Waals surface area contributed by atoms with Crippen LogP contribution < -0.4 is 16.2 Å². The highest BCUT2D eigenvalue weighted by atomic mass is 16.2. The first-order chi connectivity index (χ1) is 10.1. The number of hydrogen-bond donors (Lipinski definition) is 3. The van der Waals surface area contributed by atoms with E-state index in [1.807, 2.05) is 55.5 Å². The molecule has 0 aromatic heterocycles. The third-order valence-electron chi connectivity index (χ3n) is 2.86. The summed E-state index contributed by atoms with van der Waals surface area (Å²) in [6.45, 7) is 3.27. The highest BCUT2D eigenvalue weighted by molar-refractivity contribution is 5.95. The van der Waals surface area contributed by atoms with Crippen LogP contribution in [0.3, 0.4) is 0 Å². The van der Waals surface area contributed by atoms with Gasteiger partial charge in [-0.15, -0.1) is 0 Å². The fraction of sp³-hybridized carbons (Fsp3) is 0.125. The molecule has 2 aromatic carbocycles. The predicted molar refractivity (Wildman–Crippen MR) is 82.6 cm³/mol. The highest BCUT2D eigenvalue weighted by Gasteiger charge is 2.08. The minimum Gasteiger partial charge on any atom is -0.306 e. The Kier molecular flexibility index (Phi) is 4.56. The highest BCUT2D eigenvalue weighted by Crippen LogP contribution is 2.28. The monoisotopic (exact) mass is 283 g/mol. The van der Waals surface area contributed by atoms with E-state index in [2.05, 4.69) is 16.2 Å². The Balaban J connectivity index is 2.24. The second kappa shape index (κ2) is 6.56. The number of hydrazine groups is 1. The Morgan fingerprint density at radius 2 is 1.67 bits per heavy atom. The minimum absolute atomic E-state index is 0.335. The van der Waals surface area contributed by atoms with Crippen LogP contribution >= 0.6 is 0 Å². The Morgan fingerprint density at radius 3 is 2.33 bits per heavy atom. The van der Waals surface area contributed by atoms with Crippen LogP contribution in [0.25, 0.3) is 11.1 Å². The van der Waals surface area contributed by atoms with Crippen LogP contribution in [0, 0.1) is 6.92 Å². The number of carbonyl (C=O) groups is 2. The lowest BCUT2D eigenvalue weighted by Gasteiger charge is -2.13. The molecule has 2 aromatic rings. The van der Waals surface area contributed by atoms with Gasteiger partial charge in [-0.3, -0.25) is 10.2 Å². The van der Waals surface area contributed by atoms with Crippen LogP contribution in [0.2, 0.25) is 0 Å².